The van der Waals surface area contributed by atoms with E-state index in [9.17, 15) is 4.79 Å². The van der Waals surface area contributed by atoms with E-state index in [4.69, 9.17) is 5.11 Å². The molecule has 2 nitrogen and oxygen atoms in total. The van der Waals surface area contributed by atoms with Crippen LogP contribution in [0.5, 0.6) is 0 Å². The first-order valence-corrected chi connectivity index (χ1v) is 4.29. The van der Waals surface area contributed by atoms with Gasteiger partial charge in [-0.2, -0.15) is 0 Å². The number of hydrogen-bond acceptors (Lipinski definition) is 1. The van der Waals surface area contributed by atoms with Gasteiger partial charge in [0.25, 0.3) is 0 Å². The van der Waals surface area contributed by atoms with Crippen LogP contribution in [0.3, 0.4) is 0 Å². The van der Waals surface area contributed by atoms with Crippen LogP contribution in [0.25, 0.3) is 0 Å². The van der Waals surface area contributed by atoms with Crippen molar-refractivity contribution in [3.8, 4) is 0 Å². The Bertz CT molecular complexity index is 89.6. The number of carboxylic acid groups (broad SMARTS) is 1. The van der Waals surface area contributed by atoms with E-state index < -0.39 is 5.97 Å². The molecular formula is C7H13O2Ti. The van der Waals surface area contributed by atoms with E-state index in [1.54, 1.807) is 0 Å². The summed E-state index contributed by atoms with van der Waals surface area (Å²) in [4.78, 5) is 9.25. The quantitative estimate of drug-likeness (QED) is 0.528. The summed E-state index contributed by atoms with van der Waals surface area (Å²) >= 11 is 2.21. The van der Waals surface area contributed by atoms with Crippen molar-refractivity contribution in [2.75, 3.05) is 0 Å². The number of carbonyl (C=O) groups is 1. The summed E-state index contributed by atoms with van der Waals surface area (Å²) < 4.78 is 1.34. The zero-order chi connectivity index (χ0) is 8.41. The van der Waals surface area contributed by atoms with E-state index in [2.05, 4.69) is 33.9 Å². The fourth-order valence-corrected chi connectivity index (χ4v) is 0.729. The standard InChI is InChI=1S/C4H9.C3H4O2.Ti/c1-3-4-2;1-2-3(4)5;/h1,3-4H2,2H3;2H,1H2,(H,4,5);. The van der Waals surface area contributed by atoms with E-state index in [0.717, 1.165) is 6.08 Å². The molecule has 1 N–H and O–H groups in total. The van der Waals surface area contributed by atoms with Crippen molar-refractivity contribution in [1.82, 2.24) is 0 Å². The van der Waals surface area contributed by atoms with Crippen molar-refractivity contribution in [2.24, 2.45) is 0 Å². The van der Waals surface area contributed by atoms with Crippen LogP contribution in [-0.4, -0.2) is 11.1 Å². The Morgan fingerprint density at radius 3 is 2.20 bits per heavy atom. The van der Waals surface area contributed by atoms with Crippen LogP contribution in [0.1, 0.15) is 19.8 Å². The van der Waals surface area contributed by atoms with Crippen LogP contribution < -0.4 is 0 Å². The molecule has 0 atom stereocenters. The first-order valence-electron chi connectivity index (χ1n) is 3.19. The van der Waals surface area contributed by atoms with Crippen LogP contribution in [0.4, 0.5) is 0 Å². The fraction of sp³-hybridized carbons (Fsp3) is 0.571. The molecule has 0 fully saturated rings. The van der Waals surface area contributed by atoms with Crippen molar-refractivity contribution in [2.45, 2.75) is 24.5 Å². The molecule has 0 saturated heterocycles. The second-order valence-corrected chi connectivity index (χ2v) is 2.43. The second-order valence-electron chi connectivity index (χ2n) is 1.65. The molecule has 0 heterocycles. The summed E-state index contributed by atoms with van der Waals surface area (Å²) in [5, 5.41) is 7.60. The molecule has 0 aromatic rings. The number of aliphatic carboxylic acids is 1. The van der Waals surface area contributed by atoms with Crippen molar-refractivity contribution in [3.05, 3.63) is 12.7 Å². The van der Waals surface area contributed by atoms with Gasteiger partial charge in [0, 0.05) is 6.08 Å². The Morgan fingerprint density at radius 1 is 1.80 bits per heavy atom. The predicted molar refractivity (Wildman–Crippen MR) is 37.5 cm³/mol. The zero-order valence-electron chi connectivity index (χ0n) is 6.26. The normalized spacial score (nSPS) is 7.20. The van der Waals surface area contributed by atoms with Gasteiger partial charge in [-0.05, 0) is 0 Å². The summed E-state index contributed by atoms with van der Waals surface area (Å²) in [7, 11) is 0. The van der Waals surface area contributed by atoms with Crippen LogP contribution in [0, 0.1) is 0 Å². The minimum atomic E-state index is -0.981. The number of rotatable bonds is 3. The van der Waals surface area contributed by atoms with Crippen LogP contribution in [-0.2, 0) is 25.2 Å². The Labute approximate surface area is 73.7 Å². The summed E-state index contributed by atoms with van der Waals surface area (Å²) in [5.74, 6) is -0.981. The van der Waals surface area contributed by atoms with Gasteiger partial charge in [0.2, 0.25) is 0 Å². The molecule has 0 bridgehead atoms. The molecule has 0 aliphatic rings. The predicted octanol–water partition coefficient (Wildman–Crippen LogP) is 2.01. The molecule has 0 radical (unpaired) electrons. The average Bonchev–Trinajstić information content (AvgIpc) is 1.91. The third-order valence-electron chi connectivity index (χ3n) is 0.705. The Hall–Kier alpha value is -0.0757. The fourth-order valence-electron chi connectivity index (χ4n) is 0.177. The molecule has 0 spiro atoms. The van der Waals surface area contributed by atoms with Crippen LogP contribution in [0.15, 0.2) is 12.7 Å². The van der Waals surface area contributed by atoms with Crippen LogP contribution >= 0.6 is 0 Å². The Kier molecular flexibility index (Phi) is 14.7. The first kappa shape index (κ1) is 12.6. The van der Waals surface area contributed by atoms with Crippen molar-refractivity contribution in [3.63, 3.8) is 0 Å². The SMILES string of the molecule is C=CC(=O)O.CCC[CH2][Ti]. The molecule has 0 aromatic carbocycles. The molecule has 0 unspecified atom stereocenters. The molecule has 57 valence electrons. The monoisotopic (exact) mass is 177 g/mol. The van der Waals surface area contributed by atoms with Gasteiger partial charge in [-0.3, -0.25) is 0 Å². The molecular weight excluding hydrogens is 164 g/mol. The van der Waals surface area contributed by atoms with E-state index in [0.29, 0.717) is 0 Å². The summed E-state index contributed by atoms with van der Waals surface area (Å²) in [6.45, 7) is 5.17. The second kappa shape index (κ2) is 11.7. The topological polar surface area (TPSA) is 37.3 Å². The molecule has 0 aliphatic carbocycles. The number of unbranched alkanes of at least 4 members (excludes halogenated alkanes) is 1. The summed E-state index contributed by atoms with van der Waals surface area (Å²) in [6.07, 6.45) is 3.57. The Balaban J connectivity index is 0. The third kappa shape index (κ3) is 24.7. The van der Waals surface area contributed by atoms with Gasteiger partial charge in [-0.1, -0.05) is 6.58 Å². The van der Waals surface area contributed by atoms with Gasteiger partial charge >= 0.3 is 50.9 Å². The van der Waals surface area contributed by atoms with E-state index in [-0.39, 0.29) is 0 Å². The summed E-state index contributed by atoms with van der Waals surface area (Å²) in [5.41, 5.74) is 0. The average molecular weight is 177 g/mol. The molecule has 3 heteroatoms. The molecule has 0 saturated carbocycles. The number of hydrogen-bond donors (Lipinski definition) is 1. The van der Waals surface area contributed by atoms with E-state index in [1.165, 1.54) is 17.6 Å². The van der Waals surface area contributed by atoms with Gasteiger partial charge in [0.1, 0.15) is 0 Å². The third-order valence-corrected chi connectivity index (χ3v) is 1.26. The van der Waals surface area contributed by atoms with Gasteiger partial charge in [-0.15, -0.1) is 0 Å². The van der Waals surface area contributed by atoms with Gasteiger partial charge in [-0.25, -0.2) is 4.79 Å². The van der Waals surface area contributed by atoms with Crippen molar-refractivity contribution in [1.29, 1.82) is 0 Å². The maximum absolute atomic E-state index is 9.25. The molecule has 0 aliphatic heterocycles. The molecule has 0 aromatic heterocycles. The van der Waals surface area contributed by atoms with E-state index >= 15 is 0 Å². The molecule has 0 rings (SSSR count). The van der Waals surface area contributed by atoms with Crippen LogP contribution in [0.2, 0.25) is 4.73 Å². The first-order chi connectivity index (χ1) is 4.68. The summed E-state index contributed by atoms with van der Waals surface area (Å²) in [6, 6.07) is 0. The van der Waals surface area contributed by atoms with Gasteiger partial charge in [0.15, 0.2) is 0 Å². The van der Waals surface area contributed by atoms with Gasteiger partial charge < -0.3 is 5.11 Å². The molecule has 10 heavy (non-hydrogen) atoms. The maximum atomic E-state index is 9.25. The Morgan fingerprint density at radius 2 is 2.20 bits per heavy atom. The van der Waals surface area contributed by atoms with Crippen molar-refractivity contribution < 1.29 is 30.3 Å². The van der Waals surface area contributed by atoms with Gasteiger partial charge in [0.05, 0.1) is 0 Å². The van der Waals surface area contributed by atoms with E-state index in [1.807, 2.05) is 0 Å². The minimum absolute atomic E-state index is 0.833. The zero-order valence-corrected chi connectivity index (χ0v) is 7.82. The number of carboxylic acids is 1. The van der Waals surface area contributed by atoms with Crippen molar-refractivity contribution >= 4 is 5.97 Å². The molecule has 0 amide bonds.